The van der Waals surface area contributed by atoms with Gasteiger partial charge in [0.05, 0.1) is 4.90 Å². The number of aryl methyl sites for hydroxylation is 1. The number of hydrogen-bond donors (Lipinski definition) is 1. The molecule has 0 aliphatic carbocycles. The predicted molar refractivity (Wildman–Crippen MR) is 117 cm³/mol. The molecule has 1 saturated heterocycles. The smallest absolute Gasteiger partial charge is 0.263 e. The molecule has 1 aliphatic heterocycles. The Kier molecular flexibility index (Phi) is 7.39. The second-order valence-electron chi connectivity index (χ2n) is 7.43. The third-order valence-electron chi connectivity index (χ3n) is 5.24. The lowest BCUT2D eigenvalue weighted by Gasteiger charge is -2.33. The highest BCUT2D eigenvalue weighted by molar-refractivity contribution is 7.89. The van der Waals surface area contributed by atoms with Gasteiger partial charge < -0.3 is 9.64 Å². The molecular formula is C22H27ClN2O4S. The van der Waals surface area contributed by atoms with Gasteiger partial charge in [-0.05, 0) is 68.1 Å². The van der Waals surface area contributed by atoms with E-state index >= 15 is 0 Å². The number of hydrogen-bond acceptors (Lipinski definition) is 4. The summed E-state index contributed by atoms with van der Waals surface area (Å²) in [6.45, 7) is 4.70. The Bertz CT molecular complexity index is 954. The van der Waals surface area contributed by atoms with Gasteiger partial charge in [-0.15, -0.1) is 0 Å². The van der Waals surface area contributed by atoms with Crippen LogP contribution in [0.2, 0.25) is 5.02 Å². The number of piperidine rings is 1. The number of nitrogens with zero attached hydrogens (tertiary/aromatic N) is 1. The summed E-state index contributed by atoms with van der Waals surface area (Å²) in [6, 6.07) is 13.6. The van der Waals surface area contributed by atoms with E-state index in [4.69, 9.17) is 16.3 Å². The Balaban J connectivity index is 1.52. The fourth-order valence-electron chi connectivity index (χ4n) is 3.43. The molecule has 2 aromatic carbocycles. The second-order valence-corrected chi connectivity index (χ2v) is 9.58. The SMILES string of the molecule is CCc1ccc(S(=O)(=O)NC2CCN(C(=O)C(C)Oc3ccc(Cl)cc3)CC2)cc1. The van der Waals surface area contributed by atoms with Crippen LogP contribution in [-0.2, 0) is 21.2 Å². The van der Waals surface area contributed by atoms with E-state index in [0.29, 0.717) is 36.7 Å². The molecule has 30 heavy (non-hydrogen) atoms. The molecule has 1 unspecified atom stereocenters. The van der Waals surface area contributed by atoms with Crippen molar-refractivity contribution in [3.8, 4) is 5.75 Å². The summed E-state index contributed by atoms with van der Waals surface area (Å²) in [5.74, 6) is 0.471. The molecule has 0 saturated carbocycles. The largest absolute Gasteiger partial charge is 0.481 e. The Morgan fingerprint density at radius 1 is 1.13 bits per heavy atom. The normalized spacial score (nSPS) is 16.3. The van der Waals surface area contributed by atoms with E-state index in [9.17, 15) is 13.2 Å². The summed E-state index contributed by atoms with van der Waals surface area (Å²) in [4.78, 5) is 14.7. The van der Waals surface area contributed by atoms with Crippen molar-refractivity contribution in [3.05, 3.63) is 59.1 Å². The number of sulfonamides is 1. The van der Waals surface area contributed by atoms with Gasteiger partial charge in [0.25, 0.3) is 5.91 Å². The molecular weight excluding hydrogens is 424 g/mol. The highest BCUT2D eigenvalue weighted by atomic mass is 35.5. The Morgan fingerprint density at radius 2 is 1.73 bits per heavy atom. The molecule has 8 heteroatoms. The van der Waals surface area contributed by atoms with Crippen molar-refractivity contribution in [2.45, 2.75) is 50.2 Å². The number of carbonyl (C=O) groups excluding carboxylic acids is 1. The molecule has 1 aliphatic rings. The van der Waals surface area contributed by atoms with E-state index in [0.717, 1.165) is 12.0 Å². The van der Waals surface area contributed by atoms with Crippen LogP contribution in [0.4, 0.5) is 0 Å². The van der Waals surface area contributed by atoms with E-state index in [1.54, 1.807) is 48.2 Å². The standard InChI is InChI=1S/C22H27ClN2O4S/c1-3-17-4-10-21(11-5-17)30(27,28)24-19-12-14-25(15-13-19)22(26)16(2)29-20-8-6-18(23)7-9-20/h4-11,16,19,24H,3,12-15H2,1-2H3. The van der Waals surface area contributed by atoms with Crippen LogP contribution >= 0.6 is 11.6 Å². The first-order chi connectivity index (χ1) is 14.3. The highest BCUT2D eigenvalue weighted by Crippen LogP contribution is 2.20. The number of rotatable bonds is 7. The molecule has 1 fully saturated rings. The summed E-state index contributed by atoms with van der Waals surface area (Å²) in [5.41, 5.74) is 1.09. The van der Waals surface area contributed by atoms with Crippen molar-refractivity contribution < 1.29 is 17.9 Å². The first kappa shape index (κ1) is 22.6. The molecule has 2 aromatic rings. The van der Waals surface area contributed by atoms with E-state index in [-0.39, 0.29) is 16.8 Å². The third-order valence-corrected chi connectivity index (χ3v) is 7.03. The lowest BCUT2D eigenvalue weighted by molar-refractivity contribution is -0.139. The van der Waals surface area contributed by atoms with Crippen molar-refractivity contribution in [2.24, 2.45) is 0 Å². The number of nitrogens with one attached hydrogen (secondary N) is 1. The Morgan fingerprint density at radius 3 is 2.30 bits per heavy atom. The van der Waals surface area contributed by atoms with Crippen molar-refractivity contribution in [1.82, 2.24) is 9.62 Å². The van der Waals surface area contributed by atoms with Gasteiger partial charge in [0.2, 0.25) is 10.0 Å². The molecule has 3 rings (SSSR count). The number of halogens is 1. The van der Waals surface area contributed by atoms with Crippen LogP contribution in [0.25, 0.3) is 0 Å². The van der Waals surface area contributed by atoms with Gasteiger partial charge in [-0.3, -0.25) is 4.79 Å². The van der Waals surface area contributed by atoms with Crippen LogP contribution in [-0.4, -0.2) is 44.5 Å². The summed E-state index contributed by atoms with van der Waals surface area (Å²) in [5, 5.41) is 0.604. The zero-order valence-corrected chi connectivity index (χ0v) is 18.7. The third kappa shape index (κ3) is 5.74. The van der Waals surface area contributed by atoms with Gasteiger partial charge in [-0.2, -0.15) is 0 Å². The van der Waals surface area contributed by atoms with Crippen LogP contribution < -0.4 is 9.46 Å². The van der Waals surface area contributed by atoms with Gasteiger partial charge in [-0.25, -0.2) is 13.1 Å². The number of carbonyl (C=O) groups is 1. The van der Waals surface area contributed by atoms with Crippen molar-refractivity contribution in [1.29, 1.82) is 0 Å². The van der Waals surface area contributed by atoms with Crippen LogP contribution in [0.15, 0.2) is 53.4 Å². The van der Waals surface area contributed by atoms with Crippen molar-refractivity contribution in [3.63, 3.8) is 0 Å². The van der Waals surface area contributed by atoms with Crippen LogP contribution in [0.1, 0.15) is 32.3 Å². The molecule has 6 nitrogen and oxygen atoms in total. The average Bonchev–Trinajstić information content (AvgIpc) is 2.75. The first-order valence-corrected chi connectivity index (χ1v) is 12.0. The summed E-state index contributed by atoms with van der Waals surface area (Å²) >= 11 is 5.87. The average molecular weight is 451 g/mol. The maximum absolute atomic E-state index is 12.7. The summed E-state index contributed by atoms with van der Waals surface area (Å²) in [6.07, 6.45) is 1.36. The highest BCUT2D eigenvalue weighted by Gasteiger charge is 2.29. The van der Waals surface area contributed by atoms with E-state index in [1.165, 1.54) is 0 Å². The number of benzene rings is 2. The number of likely N-dealkylation sites (tertiary alicyclic amines) is 1. The zero-order chi connectivity index (χ0) is 21.7. The Labute approximate surface area is 183 Å². The lowest BCUT2D eigenvalue weighted by Crippen LogP contribution is -2.49. The zero-order valence-electron chi connectivity index (χ0n) is 17.2. The molecule has 1 N–H and O–H groups in total. The molecule has 0 spiro atoms. The van der Waals surface area contributed by atoms with E-state index < -0.39 is 16.1 Å². The van der Waals surface area contributed by atoms with Gasteiger partial charge >= 0.3 is 0 Å². The molecule has 0 aromatic heterocycles. The maximum Gasteiger partial charge on any atom is 0.263 e. The fourth-order valence-corrected chi connectivity index (χ4v) is 4.87. The lowest BCUT2D eigenvalue weighted by atomic mass is 10.1. The van der Waals surface area contributed by atoms with Gasteiger partial charge in [0, 0.05) is 24.2 Å². The Hall–Kier alpha value is -2.09. The maximum atomic E-state index is 12.7. The van der Waals surface area contributed by atoms with Gasteiger partial charge in [-0.1, -0.05) is 30.7 Å². The minimum atomic E-state index is -3.57. The molecule has 0 bridgehead atoms. The predicted octanol–water partition coefficient (Wildman–Crippen LogP) is 3.64. The molecule has 0 radical (unpaired) electrons. The fraction of sp³-hybridized carbons (Fsp3) is 0.409. The molecule has 1 atom stereocenters. The number of amides is 1. The first-order valence-electron chi connectivity index (χ1n) is 10.1. The minimum Gasteiger partial charge on any atom is -0.481 e. The summed E-state index contributed by atoms with van der Waals surface area (Å²) in [7, 11) is -3.57. The summed E-state index contributed by atoms with van der Waals surface area (Å²) < 4.78 is 33.7. The molecule has 1 heterocycles. The van der Waals surface area contributed by atoms with Gasteiger partial charge in [0.15, 0.2) is 6.10 Å². The molecule has 1 amide bonds. The second kappa shape index (κ2) is 9.81. The topological polar surface area (TPSA) is 75.7 Å². The minimum absolute atomic E-state index is 0.110. The van der Waals surface area contributed by atoms with Crippen LogP contribution in [0, 0.1) is 0 Å². The van der Waals surface area contributed by atoms with Crippen LogP contribution in [0.3, 0.4) is 0 Å². The number of ether oxygens (including phenoxy) is 1. The quantitative estimate of drug-likeness (QED) is 0.698. The van der Waals surface area contributed by atoms with Crippen LogP contribution in [0.5, 0.6) is 5.75 Å². The van der Waals surface area contributed by atoms with E-state index in [2.05, 4.69) is 4.72 Å². The van der Waals surface area contributed by atoms with E-state index in [1.807, 2.05) is 19.1 Å². The molecule has 162 valence electrons. The van der Waals surface area contributed by atoms with Crippen molar-refractivity contribution >= 4 is 27.5 Å². The monoisotopic (exact) mass is 450 g/mol. The van der Waals surface area contributed by atoms with Gasteiger partial charge in [0.1, 0.15) is 5.75 Å². The van der Waals surface area contributed by atoms with Crippen molar-refractivity contribution in [2.75, 3.05) is 13.1 Å².